The van der Waals surface area contributed by atoms with E-state index in [9.17, 15) is 9.59 Å². The van der Waals surface area contributed by atoms with Crippen LogP contribution in [0.4, 0.5) is 0 Å². The van der Waals surface area contributed by atoms with Crippen LogP contribution in [0.1, 0.15) is 24.5 Å². The summed E-state index contributed by atoms with van der Waals surface area (Å²) in [5.41, 5.74) is 1.78. The number of nitriles is 1. The maximum absolute atomic E-state index is 12.8. The lowest BCUT2D eigenvalue weighted by molar-refractivity contribution is -0.153. The average molecular weight is 397 g/mol. The monoisotopic (exact) mass is 396 g/mol. The van der Waals surface area contributed by atoms with Crippen LogP contribution < -0.4 is 0 Å². The second-order valence-corrected chi connectivity index (χ2v) is 6.63. The largest absolute Gasteiger partial charge is 0.449 e. The molecule has 0 radical (unpaired) electrons. The molecule has 0 aliphatic carbocycles. The normalized spacial score (nSPS) is 12.0. The van der Waals surface area contributed by atoms with Gasteiger partial charge in [-0.1, -0.05) is 54.1 Å². The zero-order valence-electron chi connectivity index (χ0n) is 15.8. The van der Waals surface area contributed by atoms with E-state index in [-0.39, 0.29) is 18.9 Å². The zero-order valence-corrected chi connectivity index (χ0v) is 16.5. The van der Waals surface area contributed by atoms with Gasteiger partial charge >= 0.3 is 5.97 Å². The number of carbonyl (C=O) groups excluding carboxylic acids is 2. The van der Waals surface area contributed by atoms with Crippen molar-refractivity contribution in [2.45, 2.75) is 19.4 Å². The molecule has 0 saturated carbocycles. The molecular weight excluding hydrogens is 376 g/mol. The van der Waals surface area contributed by atoms with Crippen LogP contribution in [0.5, 0.6) is 0 Å². The molecule has 0 fully saturated rings. The van der Waals surface area contributed by atoms with Gasteiger partial charge in [-0.15, -0.1) is 0 Å². The molecule has 28 heavy (non-hydrogen) atoms. The summed E-state index contributed by atoms with van der Waals surface area (Å²) >= 11 is 5.95. The Morgan fingerprint density at radius 2 is 1.82 bits per heavy atom. The first kappa shape index (κ1) is 21.2. The van der Waals surface area contributed by atoms with Crippen LogP contribution in [0.2, 0.25) is 5.02 Å². The molecule has 0 N–H and O–H groups in total. The molecule has 0 unspecified atom stereocenters. The lowest BCUT2D eigenvalue weighted by atomic mass is 10.0. The maximum atomic E-state index is 12.8. The highest BCUT2D eigenvalue weighted by Gasteiger charge is 2.24. The van der Waals surface area contributed by atoms with Gasteiger partial charge in [0.25, 0.3) is 5.91 Å². The molecule has 0 spiro atoms. The Balaban J connectivity index is 2.24. The quantitative estimate of drug-likeness (QED) is 0.400. The molecule has 144 valence electrons. The summed E-state index contributed by atoms with van der Waals surface area (Å²) in [5, 5.41) is 9.20. The average Bonchev–Trinajstić information content (AvgIpc) is 2.71. The van der Waals surface area contributed by atoms with Gasteiger partial charge in [0.05, 0.1) is 18.1 Å². The van der Waals surface area contributed by atoms with Gasteiger partial charge in [-0.25, -0.2) is 4.79 Å². The molecule has 0 heterocycles. The first-order valence-corrected chi connectivity index (χ1v) is 9.15. The van der Waals surface area contributed by atoms with Crippen molar-refractivity contribution in [3.63, 3.8) is 0 Å². The van der Waals surface area contributed by atoms with Crippen molar-refractivity contribution >= 4 is 35.1 Å². The minimum Gasteiger partial charge on any atom is -0.449 e. The van der Waals surface area contributed by atoms with E-state index >= 15 is 0 Å². The molecule has 5 nitrogen and oxygen atoms in total. The number of hydrogen-bond acceptors (Lipinski definition) is 4. The van der Waals surface area contributed by atoms with E-state index in [0.29, 0.717) is 16.2 Å². The number of benzene rings is 2. The van der Waals surface area contributed by atoms with Gasteiger partial charge in [0, 0.05) is 18.6 Å². The predicted molar refractivity (Wildman–Crippen MR) is 109 cm³/mol. The van der Waals surface area contributed by atoms with Crippen molar-refractivity contribution in [3.8, 4) is 6.07 Å². The van der Waals surface area contributed by atoms with Gasteiger partial charge in [-0.3, -0.25) is 4.79 Å². The van der Waals surface area contributed by atoms with Crippen LogP contribution in [0.15, 0.2) is 54.6 Å². The predicted octanol–water partition coefficient (Wildman–Crippen LogP) is 4.18. The first-order valence-electron chi connectivity index (χ1n) is 8.78. The van der Waals surface area contributed by atoms with Crippen molar-refractivity contribution in [3.05, 3.63) is 70.7 Å². The highest BCUT2D eigenvalue weighted by atomic mass is 35.5. The number of rotatable bonds is 7. The second kappa shape index (κ2) is 10.3. The number of esters is 1. The molecule has 6 heteroatoms. The summed E-state index contributed by atoms with van der Waals surface area (Å²) in [6, 6.07) is 18.2. The van der Waals surface area contributed by atoms with Gasteiger partial charge in [0.1, 0.15) is 0 Å². The van der Waals surface area contributed by atoms with E-state index in [2.05, 4.69) is 0 Å². The van der Waals surface area contributed by atoms with Crippen molar-refractivity contribution in [2.24, 2.45) is 0 Å². The minimum atomic E-state index is -0.970. The Bertz CT molecular complexity index is 886. The number of hydrogen-bond donors (Lipinski definition) is 0. The molecule has 2 aromatic rings. The third kappa shape index (κ3) is 5.97. The minimum absolute atomic E-state index is 0.215. The molecule has 0 aliphatic rings. The van der Waals surface area contributed by atoms with Crippen molar-refractivity contribution < 1.29 is 14.3 Å². The second-order valence-electron chi connectivity index (χ2n) is 6.19. The molecule has 0 aliphatic heterocycles. The van der Waals surface area contributed by atoms with Crippen LogP contribution in [-0.2, 0) is 14.3 Å². The van der Waals surface area contributed by atoms with Crippen LogP contribution >= 0.6 is 11.6 Å². The van der Waals surface area contributed by atoms with Crippen LogP contribution in [0.3, 0.4) is 0 Å². The third-order valence-electron chi connectivity index (χ3n) is 4.05. The van der Waals surface area contributed by atoms with E-state index in [4.69, 9.17) is 21.6 Å². The number of likely N-dealkylation sites (N-methyl/N-ethyl adjacent to an activating group) is 1. The van der Waals surface area contributed by atoms with Gasteiger partial charge < -0.3 is 9.64 Å². The molecule has 2 rings (SSSR count). The van der Waals surface area contributed by atoms with E-state index in [1.54, 1.807) is 37.4 Å². The molecule has 1 amide bonds. The smallest absolute Gasteiger partial charge is 0.339 e. The summed E-state index contributed by atoms with van der Waals surface area (Å²) in [4.78, 5) is 26.6. The zero-order chi connectivity index (χ0) is 20.5. The van der Waals surface area contributed by atoms with Crippen LogP contribution in [0.25, 0.3) is 11.6 Å². The topological polar surface area (TPSA) is 70.4 Å². The van der Waals surface area contributed by atoms with Gasteiger partial charge in [0.2, 0.25) is 0 Å². The van der Waals surface area contributed by atoms with E-state index in [1.165, 1.54) is 11.8 Å². The summed E-state index contributed by atoms with van der Waals surface area (Å²) in [6.45, 7) is 1.80. The van der Waals surface area contributed by atoms with E-state index in [0.717, 1.165) is 5.56 Å². The Morgan fingerprint density at radius 3 is 2.43 bits per heavy atom. The lowest BCUT2D eigenvalue weighted by Crippen LogP contribution is -2.38. The summed E-state index contributed by atoms with van der Waals surface area (Å²) < 4.78 is 5.42. The summed E-state index contributed by atoms with van der Waals surface area (Å²) in [6.07, 6.45) is 0.956. The highest BCUT2D eigenvalue weighted by Crippen LogP contribution is 2.22. The van der Waals surface area contributed by atoms with Crippen molar-refractivity contribution in [1.29, 1.82) is 5.26 Å². The van der Waals surface area contributed by atoms with E-state index < -0.39 is 12.1 Å². The van der Waals surface area contributed by atoms with Crippen molar-refractivity contribution in [1.82, 2.24) is 4.90 Å². The van der Waals surface area contributed by atoms with Crippen molar-refractivity contribution in [2.75, 3.05) is 13.6 Å². The molecule has 0 bridgehead atoms. The SMILES string of the molecule is C[C@@H](OC(=O)/C(=C/c1ccccc1)c1ccc(Cl)cc1)C(=O)N(C)CCC#N. The molecule has 1 atom stereocenters. The number of halogens is 1. The standard InChI is InChI=1S/C22H21ClN2O3/c1-16(21(26)25(2)14-6-13-24)28-22(27)20(15-17-7-4-3-5-8-17)18-9-11-19(23)12-10-18/h3-5,7-12,15-16H,6,14H2,1-2H3/b20-15+/t16-/m1/s1. The lowest BCUT2D eigenvalue weighted by Gasteiger charge is -2.21. The third-order valence-corrected chi connectivity index (χ3v) is 4.30. The van der Waals surface area contributed by atoms with Crippen LogP contribution in [-0.4, -0.2) is 36.5 Å². The molecule has 2 aromatic carbocycles. The summed E-state index contributed by atoms with van der Waals surface area (Å²) in [7, 11) is 1.57. The van der Waals surface area contributed by atoms with Crippen LogP contribution in [0, 0.1) is 11.3 Å². The van der Waals surface area contributed by atoms with Gasteiger partial charge in [-0.05, 0) is 36.3 Å². The van der Waals surface area contributed by atoms with E-state index in [1.807, 2.05) is 36.4 Å². The molecule has 0 saturated heterocycles. The Hall–Kier alpha value is -3.10. The molecular formula is C22H21ClN2O3. The number of ether oxygens (including phenoxy) is 1. The van der Waals surface area contributed by atoms with Gasteiger partial charge in [0.15, 0.2) is 6.10 Å². The number of nitrogens with zero attached hydrogens (tertiary/aromatic N) is 2. The fourth-order valence-corrected chi connectivity index (χ4v) is 2.64. The summed E-state index contributed by atoms with van der Waals surface area (Å²) in [5.74, 6) is -0.973. The molecule has 0 aromatic heterocycles. The highest BCUT2D eigenvalue weighted by molar-refractivity contribution is 6.30. The Labute approximate surface area is 169 Å². The first-order chi connectivity index (χ1) is 13.4. The maximum Gasteiger partial charge on any atom is 0.339 e. The Kier molecular flexibility index (Phi) is 7.79. The fraction of sp³-hybridized carbons (Fsp3) is 0.227. The number of amides is 1. The van der Waals surface area contributed by atoms with Gasteiger partial charge in [-0.2, -0.15) is 5.26 Å². The fourth-order valence-electron chi connectivity index (χ4n) is 2.52. The Morgan fingerprint density at radius 1 is 1.18 bits per heavy atom. The number of carbonyl (C=O) groups is 2.